The fourth-order valence-electron chi connectivity index (χ4n) is 2.31. The third-order valence-corrected chi connectivity index (χ3v) is 4.78. The number of carbonyl (C=O) groups is 2. The maximum Gasteiger partial charge on any atom is 0.287 e. The van der Waals surface area contributed by atoms with Gasteiger partial charge in [-0.2, -0.15) is 0 Å². The minimum Gasteiger partial charge on any atom is -0.444 e. The molecule has 1 aliphatic heterocycles. The molecular formula is C14H15BrN4O3S. The van der Waals surface area contributed by atoms with Gasteiger partial charge in [-0.15, -0.1) is 11.3 Å². The number of amides is 2. The molecule has 3 heterocycles. The molecule has 0 saturated carbocycles. The summed E-state index contributed by atoms with van der Waals surface area (Å²) >= 11 is 4.73. The number of hydrogen-bond acceptors (Lipinski definition) is 6. The van der Waals surface area contributed by atoms with Gasteiger partial charge in [-0.3, -0.25) is 9.59 Å². The number of halogens is 1. The Morgan fingerprint density at radius 2 is 2.09 bits per heavy atom. The zero-order valence-electron chi connectivity index (χ0n) is 12.2. The molecular weight excluding hydrogens is 384 g/mol. The maximum atomic E-state index is 12.2. The molecule has 1 aliphatic rings. The van der Waals surface area contributed by atoms with Gasteiger partial charge in [0.05, 0.1) is 6.54 Å². The first-order valence-corrected chi connectivity index (χ1v) is 8.76. The molecule has 0 unspecified atom stereocenters. The quantitative estimate of drug-likeness (QED) is 0.845. The molecule has 0 atom stereocenters. The molecule has 9 heteroatoms. The number of piperazine rings is 1. The third-order valence-electron chi connectivity index (χ3n) is 3.52. The minimum absolute atomic E-state index is 0.0333. The lowest BCUT2D eigenvalue weighted by molar-refractivity contribution is -0.130. The highest BCUT2D eigenvalue weighted by Gasteiger charge is 2.23. The van der Waals surface area contributed by atoms with Crippen LogP contribution in [-0.2, 0) is 4.79 Å². The molecule has 3 rings (SSSR count). The second kappa shape index (κ2) is 7.14. The largest absolute Gasteiger partial charge is 0.444 e. The fraction of sp³-hybridized carbons (Fsp3) is 0.357. The van der Waals surface area contributed by atoms with Crippen molar-refractivity contribution in [3.63, 3.8) is 0 Å². The molecule has 23 heavy (non-hydrogen) atoms. The third kappa shape index (κ3) is 3.91. The second-order valence-electron chi connectivity index (χ2n) is 4.97. The Hall–Kier alpha value is -1.87. The smallest absolute Gasteiger partial charge is 0.287 e. The predicted molar refractivity (Wildman–Crippen MR) is 89.6 cm³/mol. The number of rotatable bonds is 4. The number of nitrogens with one attached hydrogen (secondary N) is 1. The number of aromatic nitrogens is 1. The first kappa shape index (κ1) is 16.0. The van der Waals surface area contributed by atoms with Crippen LogP contribution in [0.5, 0.6) is 0 Å². The Bertz CT molecular complexity index is 680. The van der Waals surface area contributed by atoms with Gasteiger partial charge in [-0.1, -0.05) is 0 Å². The Morgan fingerprint density at radius 1 is 1.30 bits per heavy atom. The van der Waals surface area contributed by atoms with E-state index in [0.717, 1.165) is 18.2 Å². The van der Waals surface area contributed by atoms with Crippen molar-refractivity contribution in [2.75, 3.05) is 37.6 Å². The van der Waals surface area contributed by atoms with E-state index in [4.69, 9.17) is 4.42 Å². The van der Waals surface area contributed by atoms with Crippen LogP contribution in [0.15, 0.2) is 32.8 Å². The van der Waals surface area contributed by atoms with Gasteiger partial charge >= 0.3 is 0 Å². The lowest BCUT2D eigenvalue weighted by Gasteiger charge is -2.34. The van der Waals surface area contributed by atoms with Crippen LogP contribution < -0.4 is 10.2 Å². The van der Waals surface area contributed by atoms with Gasteiger partial charge in [0, 0.05) is 37.8 Å². The van der Waals surface area contributed by atoms with Crippen molar-refractivity contribution in [1.29, 1.82) is 0 Å². The molecule has 122 valence electrons. The van der Waals surface area contributed by atoms with Crippen molar-refractivity contribution in [1.82, 2.24) is 15.2 Å². The van der Waals surface area contributed by atoms with Crippen molar-refractivity contribution in [2.24, 2.45) is 0 Å². The molecule has 0 bridgehead atoms. The molecule has 0 aromatic carbocycles. The number of hydrogen-bond donors (Lipinski definition) is 1. The number of nitrogens with zero attached hydrogens (tertiary/aromatic N) is 3. The van der Waals surface area contributed by atoms with Gasteiger partial charge in [0.25, 0.3) is 5.91 Å². The zero-order chi connectivity index (χ0) is 16.2. The van der Waals surface area contributed by atoms with Crippen molar-refractivity contribution >= 4 is 44.2 Å². The molecule has 1 N–H and O–H groups in total. The van der Waals surface area contributed by atoms with Crippen molar-refractivity contribution < 1.29 is 14.0 Å². The average Bonchev–Trinajstić information content (AvgIpc) is 3.24. The summed E-state index contributed by atoms with van der Waals surface area (Å²) in [5.74, 6) is -0.313. The first-order chi connectivity index (χ1) is 11.1. The Balaban J connectivity index is 1.45. The molecule has 1 saturated heterocycles. The second-order valence-corrected chi connectivity index (χ2v) is 6.62. The SMILES string of the molecule is O=C(NCC(=O)N1CCN(c2nccs2)CC1)c1ccc(Br)o1. The number of carbonyl (C=O) groups excluding carboxylic acids is 2. The normalized spacial score (nSPS) is 14.8. The Labute approximate surface area is 145 Å². The number of furan rings is 1. The van der Waals surface area contributed by atoms with Gasteiger partial charge in [-0.05, 0) is 28.1 Å². The number of anilines is 1. The van der Waals surface area contributed by atoms with Gasteiger partial charge in [0.2, 0.25) is 5.91 Å². The van der Waals surface area contributed by atoms with E-state index in [9.17, 15) is 9.59 Å². The first-order valence-electron chi connectivity index (χ1n) is 7.09. The Morgan fingerprint density at radius 3 is 2.70 bits per heavy atom. The molecule has 7 nitrogen and oxygen atoms in total. The summed E-state index contributed by atoms with van der Waals surface area (Å²) in [5.41, 5.74) is 0. The average molecular weight is 399 g/mol. The predicted octanol–water partition coefficient (Wildman–Crippen LogP) is 1.58. The minimum atomic E-state index is -0.398. The topological polar surface area (TPSA) is 78.7 Å². The molecule has 2 aromatic heterocycles. The van der Waals surface area contributed by atoms with Crippen molar-refractivity contribution in [2.45, 2.75) is 0 Å². The lowest BCUT2D eigenvalue weighted by Crippen LogP contribution is -2.51. The van der Waals surface area contributed by atoms with Crippen LogP contribution in [0.25, 0.3) is 0 Å². The van der Waals surface area contributed by atoms with Gasteiger partial charge < -0.3 is 19.5 Å². The van der Waals surface area contributed by atoms with Crippen LogP contribution in [0.2, 0.25) is 0 Å². The monoisotopic (exact) mass is 398 g/mol. The van der Waals surface area contributed by atoms with Crippen molar-refractivity contribution in [3.8, 4) is 0 Å². The van der Waals surface area contributed by atoms with E-state index in [1.165, 1.54) is 0 Å². The van der Waals surface area contributed by atoms with Gasteiger partial charge in [0.15, 0.2) is 15.6 Å². The van der Waals surface area contributed by atoms with E-state index >= 15 is 0 Å². The highest BCUT2D eigenvalue weighted by atomic mass is 79.9. The summed E-state index contributed by atoms with van der Waals surface area (Å²) in [4.78, 5) is 32.2. The van der Waals surface area contributed by atoms with Crippen molar-refractivity contribution in [3.05, 3.63) is 34.1 Å². The van der Waals surface area contributed by atoms with E-state index in [2.05, 4.69) is 31.1 Å². The highest BCUT2D eigenvalue weighted by Crippen LogP contribution is 2.18. The molecule has 0 spiro atoms. The van der Waals surface area contributed by atoms with E-state index in [1.54, 1.807) is 34.6 Å². The number of thiazole rings is 1. The maximum absolute atomic E-state index is 12.2. The fourth-order valence-corrected chi connectivity index (χ4v) is 3.31. The van der Waals surface area contributed by atoms with Crippen LogP contribution in [-0.4, -0.2) is 54.4 Å². The summed E-state index contributed by atoms with van der Waals surface area (Å²) in [6.45, 7) is 2.71. The van der Waals surface area contributed by atoms with Crippen LogP contribution in [0, 0.1) is 0 Å². The van der Waals surface area contributed by atoms with E-state index in [0.29, 0.717) is 17.8 Å². The standard InChI is InChI=1S/C14H15BrN4O3S/c15-11-2-1-10(22-11)13(21)17-9-12(20)18-4-6-19(7-5-18)14-16-3-8-23-14/h1-3,8H,4-7,9H2,(H,17,21). The molecule has 1 fully saturated rings. The zero-order valence-corrected chi connectivity index (χ0v) is 14.6. The van der Waals surface area contributed by atoms with Crippen LogP contribution in [0.1, 0.15) is 10.6 Å². The molecule has 2 amide bonds. The lowest BCUT2D eigenvalue weighted by atomic mass is 10.3. The Kier molecular flexibility index (Phi) is 4.97. The highest BCUT2D eigenvalue weighted by molar-refractivity contribution is 9.10. The van der Waals surface area contributed by atoms with E-state index in [-0.39, 0.29) is 18.2 Å². The van der Waals surface area contributed by atoms with Crippen LogP contribution in [0.3, 0.4) is 0 Å². The summed E-state index contributed by atoms with van der Waals surface area (Å²) in [5, 5.41) is 5.50. The summed E-state index contributed by atoms with van der Waals surface area (Å²) < 4.78 is 5.62. The van der Waals surface area contributed by atoms with Gasteiger partial charge in [-0.25, -0.2) is 4.98 Å². The summed E-state index contributed by atoms with van der Waals surface area (Å²) in [6, 6.07) is 3.19. The van der Waals surface area contributed by atoms with Gasteiger partial charge in [0.1, 0.15) is 0 Å². The van der Waals surface area contributed by atoms with Crippen LogP contribution in [0.4, 0.5) is 5.13 Å². The molecule has 0 aliphatic carbocycles. The van der Waals surface area contributed by atoms with Crippen LogP contribution >= 0.6 is 27.3 Å². The summed E-state index contributed by atoms with van der Waals surface area (Å²) in [7, 11) is 0. The molecule has 0 radical (unpaired) electrons. The van der Waals surface area contributed by atoms with E-state index in [1.807, 2.05) is 5.38 Å². The molecule has 2 aromatic rings. The van der Waals surface area contributed by atoms with E-state index < -0.39 is 5.91 Å². The summed E-state index contributed by atoms with van der Waals surface area (Å²) in [6.07, 6.45) is 1.78.